The molecule has 1 aromatic heterocycles. The van der Waals surface area contributed by atoms with E-state index in [1.54, 1.807) is 18.2 Å². The van der Waals surface area contributed by atoms with Crippen molar-refractivity contribution in [3.63, 3.8) is 0 Å². The molecule has 0 spiro atoms. The van der Waals surface area contributed by atoms with Crippen LogP contribution in [0.25, 0.3) is 0 Å². The van der Waals surface area contributed by atoms with Gasteiger partial charge in [0.05, 0.1) is 21.5 Å². The number of aromatic nitrogens is 3. The van der Waals surface area contributed by atoms with Crippen LogP contribution in [-0.4, -0.2) is 26.4 Å². The third-order valence-electron chi connectivity index (χ3n) is 4.68. The molecule has 0 saturated heterocycles. The maximum absolute atomic E-state index is 12.2. The van der Waals surface area contributed by atoms with Crippen LogP contribution in [0.5, 0.6) is 0 Å². The summed E-state index contributed by atoms with van der Waals surface area (Å²) >= 11 is 13.5. The van der Waals surface area contributed by atoms with Gasteiger partial charge in [0.1, 0.15) is 5.82 Å². The molecule has 0 aliphatic heterocycles. The third kappa shape index (κ3) is 4.93. The van der Waals surface area contributed by atoms with E-state index in [2.05, 4.69) is 15.5 Å². The number of amides is 1. The van der Waals surface area contributed by atoms with Crippen LogP contribution in [0, 0.1) is 5.92 Å². The van der Waals surface area contributed by atoms with E-state index in [0.717, 1.165) is 17.4 Å². The molecule has 8 heteroatoms. The van der Waals surface area contributed by atoms with Crippen LogP contribution in [0.2, 0.25) is 10.0 Å². The quantitative estimate of drug-likeness (QED) is 0.679. The fourth-order valence-electron chi connectivity index (χ4n) is 3.22. The van der Waals surface area contributed by atoms with Crippen LogP contribution < -0.4 is 5.32 Å². The number of anilines is 1. The first kappa shape index (κ1) is 19.5. The standard InChI is InChI=1S/C18H22Cl2N4OS/c1-24-15(10-12-6-3-2-4-7-12)22-23-18(24)26-11-16(25)21-17-13(19)8-5-9-14(17)20/h5,8-9,12H,2-4,6-7,10-11H2,1H3,(H,21,25). The minimum atomic E-state index is -0.179. The molecule has 1 amide bonds. The molecule has 0 bridgehead atoms. The van der Waals surface area contributed by atoms with Crippen molar-refractivity contribution in [1.29, 1.82) is 0 Å². The molecule has 1 fully saturated rings. The lowest BCUT2D eigenvalue weighted by Gasteiger charge is -2.20. The van der Waals surface area contributed by atoms with E-state index in [4.69, 9.17) is 23.2 Å². The number of para-hydroxylation sites is 1. The predicted molar refractivity (Wildman–Crippen MR) is 107 cm³/mol. The van der Waals surface area contributed by atoms with Crippen molar-refractivity contribution in [3.05, 3.63) is 34.1 Å². The topological polar surface area (TPSA) is 59.8 Å². The summed E-state index contributed by atoms with van der Waals surface area (Å²) in [6.45, 7) is 0. The predicted octanol–water partition coefficient (Wildman–Crippen LogP) is 4.98. The van der Waals surface area contributed by atoms with Crippen molar-refractivity contribution in [3.8, 4) is 0 Å². The molecule has 1 saturated carbocycles. The van der Waals surface area contributed by atoms with Gasteiger partial charge in [0, 0.05) is 13.5 Å². The lowest BCUT2D eigenvalue weighted by Crippen LogP contribution is -2.15. The molecule has 2 aromatic rings. The molecule has 26 heavy (non-hydrogen) atoms. The van der Waals surface area contributed by atoms with Crippen LogP contribution in [0.1, 0.15) is 37.9 Å². The highest BCUT2D eigenvalue weighted by Crippen LogP contribution is 2.30. The summed E-state index contributed by atoms with van der Waals surface area (Å²) in [5, 5.41) is 12.9. The van der Waals surface area contributed by atoms with E-state index in [1.165, 1.54) is 43.9 Å². The number of benzene rings is 1. The number of rotatable bonds is 6. The highest BCUT2D eigenvalue weighted by molar-refractivity contribution is 7.99. The molecule has 1 heterocycles. The molecule has 1 N–H and O–H groups in total. The van der Waals surface area contributed by atoms with Crippen molar-refractivity contribution in [1.82, 2.24) is 14.8 Å². The first-order valence-electron chi connectivity index (χ1n) is 8.79. The molecule has 1 aromatic carbocycles. The normalized spacial score (nSPS) is 15.2. The Morgan fingerprint density at radius 3 is 2.62 bits per heavy atom. The molecule has 1 aliphatic carbocycles. The molecule has 140 valence electrons. The zero-order valence-electron chi connectivity index (χ0n) is 14.7. The van der Waals surface area contributed by atoms with Gasteiger partial charge in [-0.05, 0) is 18.1 Å². The van der Waals surface area contributed by atoms with Gasteiger partial charge in [-0.1, -0.05) is 73.1 Å². The molecule has 0 atom stereocenters. The van der Waals surface area contributed by atoms with Crippen molar-refractivity contribution in [2.75, 3.05) is 11.1 Å². The largest absolute Gasteiger partial charge is 0.323 e. The minimum Gasteiger partial charge on any atom is -0.323 e. The van der Waals surface area contributed by atoms with Crippen LogP contribution in [0.15, 0.2) is 23.4 Å². The zero-order chi connectivity index (χ0) is 18.5. The maximum Gasteiger partial charge on any atom is 0.234 e. The van der Waals surface area contributed by atoms with Gasteiger partial charge >= 0.3 is 0 Å². The highest BCUT2D eigenvalue weighted by atomic mass is 35.5. The van der Waals surface area contributed by atoms with Gasteiger partial charge in [-0.3, -0.25) is 4.79 Å². The lowest BCUT2D eigenvalue weighted by atomic mass is 9.87. The average Bonchev–Trinajstić information content (AvgIpc) is 2.97. The first-order chi connectivity index (χ1) is 12.5. The number of thioether (sulfide) groups is 1. The number of nitrogens with one attached hydrogen (secondary N) is 1. The van der Waals surface area contributed by atoms with Crippen molar-refractivity contribution < 1.29 is 4.79 Å². The smallest absolute Gasteiger partial charge is 0.234 e. The van der Waals surface area contributed by atoms with Gasteiger partial charge in [-0.2, -0.15) is 0 Å². The number of nitrogens with zero attached hydrogens (tertiary/aromatic N) is 3. The van der Waals surface area contributed by atoms with Gasteiger partial charge in [0.25, 0.3) is 0 Å². The Morgan fingerprint density at radius 1 is 1.23 bits per heavy atom. The number of carbonyl (C=O) groups is 1. The van der Waals surface area contributed by atoms with Crippen LogP contribution in [0.3, 0.4) is 0 Å². The van der Waals surface area contributed by atoms with Crippen molar-refractivity contribution >= 4 is 46.6 Å². The van der Waals surface area contributed by atoms with Gasteiger partial charge < -0.3 is 9.88 Å². The Kier molecular flexibility index (Phi) is 6.84. The van der Waals surface area contributed by atoms with Crippen molar-refractivity contribution in [2.24, 2.45) is 13.0 Å². The lowest BCUT2D eigenvalue weighted by molar-refractivity contribution is -0.113. The summed E-state index contributed by atoms with van der Waals surface area (Å²) in [6.07, 6.45) is 7.49. The Hall–Kier alpha value is -1.24. The molecule has 0 radical (unpaired) electrons. The van der Waals surface area contributed by atoms with E-state index in [-0.39, 0.29) is 11.7 Å². The average molecular weight is 413 g/mol. The van der Waals surface area contributed by atoms with Crippen LogP contribution >= 0.6 is 35.0 Å². The number of carbonyl (C=O) groups excluding carboxylic acids is 1. The second-order valence-electron chi connectivity index (χ2n) is 6.60. The van der Waals surface area contributed by atoms with Gasteiger partial charge in [-0.15, -0.1) is 10.2 Å². The second-order valence-corrected chi connectivity index (χ2v) is 8.36. The maximum atomic E-state index is 12.2. The first-order valence-corrected chi connectivity index (χ1v) is 10.5. The van der Waals surface area contributed by atoms with E-state index in [9.17, 15) is 4.79 Å². The summed E-state index contributed by atoms with van der Waals surface area (Å²) in [5.74, 6) is 1.74. The van der Waals surface area contributed by atoms with E-state index in [0.29, 0.717) is 21.7 Å². The summed E-state index contributed by atoms with van der Waals surface area (Å²) in [7, 11) is 1.96. The molecule has 0 unspecified atom stereocenters. The summed E-state index contributed by atoms with van der Waals surface area (Å²) in [6, 6.07) is 5.12. The van der Waals surface area contributed by atoms with Gasteiger partial charge in [0.15, 0.2) is 5.16 Å². The molecule has 1 aliphatic rings. The Morgan fingerprint density at radius 2 is 1.92 bits per heavy atom. The molecular weight excluding hydrogens is 391 g/mol. The van der Waals surface area contributed by atoms with Gasteiger partial charge in [0.2, 0.25) is 5.91 Å². The van der Waals surface area contributed by atoms with Gasteiger partial charge in [-0.25, -0.2) is 0 Å². The van der Waals surface area contributed by atoms with E-state index >= 15 is 0 Å². The molecule has 3 rings (SSSR count). The summed E-state index contributed by atoms with van der Waals surface area (Å²) < 4.78 is 2.00. The van der Waals surface area contributed by atoms with Crippen molar-refractivity contribution in [2.45, 2.75) is 43.7 Å². The Bertz CT molecular complexity index is 754. The number of halogens is 2. The molecular formula is C18H22Cl2N4OS. The second kappa shape index (κ2) is 9.11. The summed E-state index contributed by atoms with van der Waals surface area (Å²) in [4.78, 5) is 12.2. The third-order valence-corrected chi connectivity index (χ3v) is 6.33. The number of hydrogen-bond acceptors (Lipinski definition) is 4. The molecule has 5 nitrogen and oxygen atoms in total. The van der Waals surface area contributed by atoms with E-state index < -0.39 is 0 Å². The highest BCUT2D eigenvalue weighted by Gasteiger charge is 2.19. The van der Waals surface area contributed by atoms with Crippen LogP contribution in [-0.2, 0) is 18.3 Å². The fourth-order valence-corrected chi connectivity index (χ4v) is 4.44. The Labute approximate surface area is 167 Å². The van der Waals surface area contributed by atoms with E-state index in [1.807, 2.05) is 11.6 Å². The minimum absolute atomic E-state index is 0.179. The zero-order valence-corrected chi connectivity index (χ0v) is 17.0. The SMILES string of the molecule is Cn1c(CC2CCCCC2)nnc1SCC(=O)Nc1c(Cl)cccc1Cl. The monoisotopic (exact) mass is 412 g/mol. The van der Waals surface area contributed by atoms with Crippen LogP contribution in [0.4, 0.5) is 5.69 Å². The summed E-state index contributed by atoms with van der Waals surface area (Å²) in [5.41, 5.74) is 0.442. The fraction of sp³-hybridized carbons (Fsp3) is 0.500. The number of hydrogen-bond donors (Lipinski definition) is 1. The Balaban J connectivity index is 1.55.